The summed E-state index contributed by atoms with van der Waals surface area (Å²) in [6.45, 7) is 6.43. The summed E-state index contributed by atoms with van der Waals surface area (Å²) in [6, 6.07) is 5.20. The van der Waals surface area contributed by atoms with Crippen molar-refractivity contribution < 1.29 is 19.1 Å². The molecule has 0 spiro atoms. The number of para-hydroxylation sites is 1. The van der Waals surface area contributed by atoms with Gasteiger partial charge in [0.05, 0.1) is 17.9 Å². The van der Waals surface area contributed by atoms with Crippen LogP contribution in [0, 0.1) is 5.92 Å². The number of rotatable bonds is 5. The molecule has 0 radical (unpaired) electrons. The maximum absolute atomic E-state index is 12.8. The molecule has 1 aliphatic carbocycles. The third-order valence-corrected chi connectivity index (χ3v) is 5.36. The van der Waals surface area contributed by atoms with E-state index < -0.39 is 11.7 Å². The Morgan fingerprint density at radius 3 is 2.57 bits per heavy atom. The number of anilines is 2. The van der Waals surface area contributed by atoms with Crippen molar-refractivity contribution in [3.05, 3.63) is 23.8 Å². The number of carbonyl (C=O) groups is 3. The molecule has 8 heteroatoms. The molecule has 1 fully saturated rings. The molecule has 0 unspecified atom stereocenters. The molecule has 1 aliphatic heterocycles. The summed E-state index contributed by atoms with van der Waals surface area (Å²) in [5.74, 6) is 0.321. The van der Waals surface area contributed by atoms with Gasteiger partial charge in [0.2, 0.25) is 5.91 Å². The Morgan fingerprint density at radius 2 is 1.87 bits per heavy atom. The standard InChI is InChI=1S/C22H32N4O4/c1-22(2,3)30-21(29)25-17-10-6-9-16-11-12-26(19(16)17)18(27)14-24-20(28)23-13-15-7-4-5-8-15/h6,9-10,15H,4-5,7-8,11-14H2,1-3H3,(H,25,29)(H2,23,24,28). The summed E-state index contributed by atoms with van der Waals surface area (Å²) in [5.41, 5.74) is 1.55. The van der Waals surface area contributed by atoms with E-state index in [0.717, 1.165) is 18.4 Å². The van der Waals surface area contributed by atoms with Gasteiger partial charge in [0.25, 0.3) is 0 Å². The van der Waals surface area contributed by atoms with Crippen LogP contribution in [0.2, 0.25) is 0 Å². The third-order valence-electron chi connectivity index (χ3n) is 5.36. The highest BCUT2D eigenvalue weighted by molar-refractivity contribution is 6.03. The molecule has 2 aliphatic rings. The molecule has 3 rings (SSSR count). The van der Waals surface area contributed by atoms with E-state index in [-0.39, 0.29) is 18.5 Å². The summed E-state index contributed by atoms with van der Waals surface area (Å²) in [6.07, 6.45) is 4.87. The number of nitrogens with one attached hydrogen (secondary N) is 3. The van der Waals surface area contributed by atoms with Crippen molar-refractivity contribution in [1.82, 2.24) is 10.6 Å². The van der Waals surface area contributed by atoms with Crippen LogP contribution in [0.25, 0.3) is 0 Å². The van der Waals surface area contributed by atoms with Crippen LogP contribution in [0.4, 0.5) is 21.0 Å². The first kappa shape index (κ1) is 21.9. The van der Waals surface area contributed by atoms with E-state index in [1.165, 1.54) is 12.8 Å². The number of ether oxygens (including phenoxy) is 1. The van der Waals surface area contributed by atoms with Crippen LogP contribution in [-0.4, -0.2) is 43.3 Å². The van der Waals surface area contributed by atoms with E-state index in [0.29, 0.717) is 36.8 Å². The Kier molecular flexibility index (Phi) is 6.84. The number of hydrogen-bond acceptors (Lipinski definition) is 4. The molecule has 1 saturated carbocycles. The second-order valence-electron chi connectivity index (χ2n) is 8.95. The maximum atomic E-state index is 12.8. The average Bonchev–Trinajstić information content (AvgIpc) is 3.33. The Morgan fingerprint density at radius 1 is 1.13 bits per heavy atom. The molecule has 1 aromatic rings. The first-order chi connectivity index (χ1) is 14.2. The Labute approximate surface area is 177 Å². The largest absolute Gasteiger partial charge is 0.444 e. The minimum atomic E-state index is -0.618. The second kappa shape index (κ2) is 9.36. The van der Waals surface area contributed by atoms with Crippen LogP contribution < -0.4 is 20.9 Å². The lowest BCUT2D eigenvalue weighted by Crippen LogP contribution is -2.44. The van der Waals surface area contributed by atoms with Gasteiger partial charge in [-0.25, -0.2) is 9.59 Å². The number of benzene rings is 1. The Hall–Kier alpha value is -2.77. The number of carbonyl (C=O) groups excluding carboxylic acids is 3. The summed E-state index contributed by atoms with van der Waals surface area (Å²) in [5, 5.41) is 8.25. The highest BCUT2D eigenvalue weighted by Gasteiger charge is 2.29. The van der Waals surface area contributed by atoms with E-state index in [2.05, 4.69) is 16.0 Å². The van der Waals surface area contributed by atoms with Gasteiger partial charge in [-0.1, -0.05) is 25.0 Å². The first-order valence-corrected chi connectivity index (χ1v) is 10.7. The van der Waals surface area contributed by atoms with Gasteiger partial charge in [0.15, 0.2) is 0 Å². The van der Waals surface area contributed by atoms with E-state index in [4.69, 9.17) is 4.74 Å². The molecule has 30 heavy (non-hydrogen) atoms. The second-order valence-corrected chi connectivity index (χ2v) is 8.95. The van der Waals surface area contributed by atoms with Gasteiger partial charge in [-0.15, -0.1) is 0 Å². The first-order valence-electron chi connectivity index (χ1n) is 10.7. The van der Waals surface area contributed by atoms with Gasteiger partial charge in [0.1, 0.15) is 5.60 Å². The zero-order valence-corrected chi connectivity index (χ0v) is 18.0. The van der Waals surface area contributed by atoms with Crippen molar-refractivity contribution >= 4 is 29.4 Å². The van der Waals surface area contributed by atoms with Crippen molar-refractivity contribution in [2.45, 2.75) is 58.5 Å². The topological polar surface area (TPSA) is 99.8 Å². The Bertz CT molecular complexity index is 797. The lowest BCUT2D eigenvalue weighted by atomic mass is 10.1. The fourth-order valence-corrected chi connectivity index (χ4v) is 3.99. The fraction of sp³-hybridized carbons (Fsp3) is 0.591. The summed E-state index contributed by atoms with van der Waals surface area (Å²) >= 11 is 0. The van der Waals surface area contributed by atoms with Crippen molar-refractivity contribution in [2.75, 3.05) is 29.9 Å². The molecular formula is C22H32N4O4. The quantitative estimate of drug-likeness (QED) is 0.685. The van der Waals surface area contributed by atoms with E-state index in [1.807, 2.05) is 12.1 Å². The summed E-state index contributed by atoms with van der Waals surface area (Å²) < 4.78 is 5.33. The molecule has 0 aromatic heterocycles. The average molecular weight is 417 g/mol. The van der Waals surface area contributed by atoms with Crippen LogP contribution in [0.5, 0.6) is 0 Å². The summed E-state index contributed by atoms with van der Waals surface area (Å²) in [7, 11) is 0. The normalized spacial score (nSPS) is 16.2. The molecule has 4 amide bonds. The van der Waals surface area contributed by atoms with Gasteiger partial charge in [0, 0.05) is 13.1 Å². The molecule has 1 aromatic carbocycles. The zero-order chi connectivity index (χ0) is 21.7. The maximum Gasteiger partial charge on any atom is 0.412 e. The highest BCUT2D eigenvalue weighted by atomic mass is 16.6. The number of amides is 4. The van der Waals surface area contributed by atoms with Crippen LogP contribution in [-0.2, 0) is 16.0 Å². The number of nitrogens with zero attached hydrogens (tertiary/aromatic N) is 1. The molecule has 0 atom stereocenters. The van der Waals surface area contributed by atoms with Crippen LogP contribution in [0.1, 0.15) is 52.0 Å². The van der Waals surface area contributed by atoms with Crippen molar-refractivity contribution in [1.29, 1.82) is 0 Å². The van der Waals surface area contributed by atoms with Gasteiger partial charge in [-0.05, 0) is 57.6 Å². The zero-order valence-electron chi connectivity index (χ0n) is 18.0. The molecule has 8 nitrogen and oxygen atoms in total. The van der Waals surface area contributed by atoms with Crippen LogP contribution in [0.3, 0.4) is 0 Å². The SMILES string of the molecule is CC(C)(C)OC(=O)Nc1cccc2c1N(C(=O)CNC(=O)NCC1CCCC1)CC2. The highest BCUT2D eigenvalue weighted by Crippen LogP contribution is 2.35. The third kappa shape index (κ3) is 5.87. The monoisotopic (exact) mass is 416 g/mol. The van der Waals surface area contributed by atoms with Crippen molar-refractivity contribution in [2.24, 2.45) is 5.92 Å². The Balaban J connectivity index is 1.57. The van der Waals surface area contributed by atoms with Gasteiger partial charge in [-0.3, -0.25) is 10.1 Å². The molecular weight excluding hydrogens is 384 g/mol. The molecule has 0 bridgehead atoms. The van der Waals surface area contributed by atoms with E-state index in [9.17, 15) is 14.4 Å². The lowest BCUT2D eigenvalue weighted by molar-refractivity contribution is -0.117. The number of fused-ring (bicyclic) bond motifs is 1. The van der Waals surface area contributed by atoms with Gasteiger partial charge in [-0.2, -0.15) is 0 Å². The van der Waals surface area contributed by atoms with E-state index >= 15 is 0 Å². The van der Waals surface area contributed by atoms with Crippen molar-refractivity contribution in [3.8, 4) is 0 Å². The van der Waals surface area contributed by atoms with Crippen LogP contribution in [0.15, 0.2) is 18.2 Å². The van der Waals surface area contributed by atoms with E-state index in [1.54, 1.807) is 31.7 Å². The van der Waals surface area contributed by atoms with Crippen molar-refractivity contribution in [3.63, 3.8) is 0 Å². The predicted molar refractivity (Wildman–Crippen MR) is 116 cm³/mol. The smallest absolute Gasteiger partial charge is 0.412 e. The van der Waals surface area contributed by atoms with Crippen LogP contribution >= 0.6 is 0 Å². The number of hydrogen-bond donors (Lipinski definition) is 3. The summed E-state index contributed by atoms with van der Waals surface area (Å²) in [4.78, 5) is 38.6. The lowest BCUT2D eigenvalue weighted by Gasteiger charge is -2.23. The molecule has 0 saturated heterocycles. The molecule has 3 N–H and O–H groups in total. The molecule has 1 heterocycles. The van der Waals surface area contributed by atoms with Gasteiger partial charge >= 0.3 is 12.1 Å². The fourth-order valence-electron chi connectivity index (χ4n) is 3.99. The van der Waals surface area contributed by atoms with Gasteiger partial charge < -0.3 is 20.3 Å². The minimum absolute atomic E-state index is 0.100. The predicted octanol–water partition coefficient (Wildman–Crippen LogP) is 3.41. The minimum Gasteiger partial charge on any atom is -0.444 e. The molecule has 164 valence electrons. The number of urea groups is 1.